The van der Waals surface area contributed by atoms with Crippen LogP contribution in [0.2, 0.25) is 0 Å². The molecule has 2 aliphatic heterocycles. The van der Waals surface area contributed by atoms with Gasteiger partial charge < -0.3 is 10.0 Å². The number of rotatable bonds is 4. The Morgan fingerprint density at radius 2 is 2.30 bits per heavy atom. The van der Waals surface area contributed by atoms with Gasteiger partial charge in [0, 0.05) is 17.6 Å². The van der Waals surface area contributed by atoms with Crippen LogP contribution in [0.4, 0.5) is 0 Å². The normalized spacial score (nSPS) is 27.6. The van der Waals surface area contributed by atoms with Crippen LogP contribution >= 0.6 is 0 Å². The van der Waals surface area contributed by atoms with Crippen LogP contribution in [0.1, 0.15) is 31.2 Å². The van der Waals surface area contributed by atoms with Crippen molar-refractivity contribution in [2.24, 2.45) is 0 Å². The van der Waals surface area contributed by atoms with Gasteiger partial charge in [0.25, 0.3) is 10.0 Å². The van der Waals surface area contributed by atoms with Gasteiger partial charge in [0.1, 0.15) is 0 Å². The van der Waals surface area contributed by atoms with Gasteiger partial charge >= 0.3 is 0 Å². The summed E-state index contributed by atoms with van der Waals surface area (Å²) in [4.78, 5) is 2.44. The Bertz CT molecular complexity index is 571. The van der Waals surface area contributed by atoms with Crippen LogP contribution in [0.15, 0.2) is 11.2 Å². The molecule has 8 heteroatoms. The van der Waals surface area contributed by atoms with E-state index < -0.39 is 10.0 Å². The molecule has 0 bridgehead atoms. The lowest BCUT2D eigenvalue weighted by Gasteiger charge is -2.34. The molecule has 0 aliphatic carbocycles. The highest BCUT2D eigenvalue weighted by molar-refractivity contribution is 7.89. The Morgan fingerprint density at radius 1 is 1.45 bits per heavy atom. The Balaban J connectivity index is 1.71. The summed E-state index contributed by atoms with van der Waals surface area (Å²) >= 11 is 0. The van der Waals surface area contributed by atoms with Crippen molar-refractivity contribution in [3.63, 3.8) is 0 Å². The van der Waals surface area contributed by atoms with E-state index in [0.29, 0.717) is 11.6 Å². The number of aliphatic hydroxyl groups is 1. The maximum Gasteiger partial charge on any atom is 0.258 e. The van der Waals surface area contributed by atoms with Crippen LogP contribution < -0.4 is 4.72 Å². The van der Waals surface area contributed by atoms with Gasteiger partial charge in [0.15, 0.2) is 5.03 Å². The molecule has 20 heavy (non-hydrogen) atoms. The van der Waals surface area contributed by atoms with Gasteiger partial charge in [-0.1, -0.05) is 0 Å². The van der Waals surface area contributed by atoms with Gasteiger partial charge in [0.05, 0.1) is 12.8 Å². The summed E-state index contributed by atoms with van der Waals surface area (Å²) in [5.41, 5.74) is 0.302. The lowest BCUT2D eigenvalue weighted by molar-refractivity contribution is 0.176. The highest BCUT2D eigenvalue weighted by Gasteiger charge is 2.34. The number of aromatic nitrogens is 2. The monoisotopic (exact) mass is 300 g/mol. The first kappa shape index (κ1) is 14.0. The maximum absolute atomic E-state index is 12.3. The summed E-state index contributed by atoms with van der Waals surface area (Å²) < 4.78 is 27.4. The minimum atomic E-state index is -3.63. The Morgan fingerprint density at radius 3 is 3.10 bits per heavy atom. The van der Waals surface area contributed by atoms with E-state index in [0.717, 1.165) is 32.4 Å². The van der Waals surface area contributed by atoms with Gasteiger partial charge in [-0.05, 0) is 38.8 Å². The Kier molecular flexibility index (Phi) is 3.80. The van der Waals surface area contributed by atoms with E-state index in [2.05, 4.69) is 19.8 Å². The van der Waals surface area contributed by atoms with Gasteiger partial charge in [-0.2, -0.15) is 5.10 Å². The fourth-order valence-corrected chi connectivity index (χ4v) is 4.66. The predicted octanol–water partition coefficient (Wildman–Crippen LogP) is -0.193. The number of fused-ring (bicyclic) bond motifs is 1. The third-order valence-electron chi connectivity index (χ3n) is 4.26. The molecule has 2 saturated heterocycles. The van der Waals surface area contributed by atoms with Gasteiger partial charge in [-0.25, -0.2) is 13.1 Å². The molecular formula is C12H20N4O3S. The van der Waals surface area contributed by atoms with Crippen LogP contribution in [0.5, 0.6) is 0 Å². The van der Waals surface area contributed by atoms with Crippen LogP contribution in [-0.2, 0) is 16.6 Å². The number of nitrogens with zero attached hydrogens (tertiary/aromatic N) is 2. The van der Waals surface area contributed by atoms with Crippen molar-refractivity contribution in [2.75, 3.05) is 13.1 Å². The molecule has 0 saturated carbocycles. The van der Waals surface area contributed by atoms with E-state index in [1.807, 2.05) is 0 Å². The summed E-state index contributed by atoms with van der Waals surface area (Å²) in [6.07, 6.45) is 5.40. The number of nitrogens with one attached hydrogen (secondary N) is 2. The quantitative estimate of drug-likeness (QED) is 0.716. The predicted molar refractivity (Wildman–Crippen MR) is 72.4 cm³/mol. The van der Waals surface area contributed by atoms with Crippen LogP contribution in [-0.4, -0.2) is 53.8 Å². The van der Waals surface area contributed by atoms with Crippen LogP contribution in [0.3, 0.4) is 0 Å². The second-order valence-corrected chi connectivity index (χ2v) is 7.21. The van der Waals surface area contributed by atoms with E-state index >= 15 is 0 Å². The minimum Gasteiger partial charge on any atom is -0.392 e. The molecule has 0 radical (unpaired) electrons. The number of aliphatic hydroxyl groups excluding tert-OH is 1. The van der Waals surface area contributed by atoms with Crippen molar-refractivity contribution < 1.29 is 13.5 Å². The molecule has 3 rings (SSSR count). The van der Waals surface area contributed by atoms with Crippen molar-refractivity contribution in [1.82, 2.24) is 19.8 Å². The number of aromatic amines is 1. The molecular weight excluding hydrogens is 280 g/mol. The third kappa shape index (κ3) is 2.60. The SMILES string of the molecule is O=S(=O)(NC1CCN2CCCC2C1)c1[nH]ncc1CO. The number of sulfonamides is 1. The zero-order valence-corrected chi connectivity index (χ0v) is 12.1. The first-order valence-electron chi connectivity index (χ1n) is 6.99. The molecule has 7 nitrogen and oxygen atoms in total. The second-order valence-electron chi connectivity index (χ2n) is 5.56. The van der Waals surface area contributed by atoms with Gasteiger partial charge in [-0.15, -0.1) is 0 Å². The van der Waals surface area contributed by atoms with Crippen molar-refractivity contribution in [3.8, 4) is 0 Å². The van der Waals surface area contributed by atoms with E-state index in [-0.39, 0.29) is 17.7 Å². The van der Waals surface area contributed by atoms with E-state index in [1.54, 1.807) is 0 Å². The smallest absolute Gasteiger partial charge is 0.258 e. The first-order valence-corrected chi connectivity index (χ1v) is 8.48. The molecule has 1 aromatic heterocycles. The number of piperidine rings is 1. The van der Waals surface area contributed by atoms with E-state index in [4.69, 9.17) is 5.11 Å². The summed E-state index contributed by atoms with van der Waals surface area (Å²) in [5, 5.41) is 15.3. The van der Waals surface area contributed by atoms with Crippen LogP contribution in [0.25, 0.3) is 0 Å². The maximum atomic E-state index is 12.3. The molecule has 2 unspecified atom stereocenters. The average molecular weight is 300 g/mol. The summed E-state index contributed by atoms with van der Waals surface area (Å²) in [6.45, 7) is 1.75. The molecule has 1 aromatic rings. The fraction of sp³-hybridized carbons (Fsp3) is 0.750. The van der Waals surface area contributed by atoms with Crippen molar-refractivity contribution in [3.05, 3.63) is 11.8 Å². The second kappa shape index (κ2) is 5.44. The molecule has 3 heterocycles. The Hall–Kier alpha value is -0.960. The molecule has 3 N–H and O–H groups in total. The van der Waals surface area contributed by atoms with Crippen molar-refractivity contribution in [2.45, 2.75) is 49.4 Å². The Labute approximate surface area is 118 Å². The average Bonchev–Trinajstić information content (AvgIpc) is 3.06. The first-order chi connectivity index (χ1) is 9.60. The van der Waals surface area contributed by atoms with Crippen molar-refractivity contribution >= 4 is 10.0 Å². The highest BCUT2D eigenvalue weighted by Crippen LogP contribution is 2.27. The van der Waals surface area contributed by atoms with Gasteiger partial charge in [-0.3, -0.25) is 5.10 Å². The van der Waals surface area contributed by atoms with E-state index in [1.165, 1.54) is 12.6 Å². The highest BCUT2D eigenvalue weighted by atomic mass is 32.2. The lowest BCUT2D eigenvalue weighted by Crippen LogP contribution is -2.47. The van der Waals surface area contributed by atoms with E-state index in [9.17, 15) is 8.42 Å². The third-order valence-corrected chi connectivity index (χ3v) is 5.79. The number of hydrogen-bond donors (Lipinski definition) is 3. The fourth-order valence-electron chi connectivity index (χ4n) is 3.25. The van der Waals surface area contributed by atoms with Crippen LogP contribution in [0, 0.1) is 0 Å². The topological polar surface area (TPSA) is 98.3 Å². The summed E-state index contributed by atoms with van der Waals surface area (Å²) in [5.74, 6) is 0. The molecule has 0 amide bonds. The minimum absolute atomic E-state index is 0.0196. The molecule has 0 aromatic carbocycles. The summed E-state index contributed by atoms with van der Waals surface area (Å²) in [7, 11) is -3.63. The number of hydrogen-bond acceptors (Lipinski definition) is 5. The van der Waals surface area contributed by atoms with Gasteiger partial charge in [0.2, 0.25) is 0 Å². The largest absolute Gasteiger partial charge is 0.392 e. The zero-order chi connectivity index (χ0) is 14.2. The summed E-state index contributed by atoms with van der Waals surface area (Å²) in [6, 6.07) is 0.477. The molecule has 0 spiro atoms. The molecule has 2 fully saturated rings. The molecule has 2 aliphatic rings. The number of H-pyrrole nitrogens is 1. The van der Waals surface area contributed by atoms with Crippen molar-refractivity contribution in [1.29, 1.82) is 0 Å². The zero-order valence-electron chi connectivity index (χ0n) is 11.2. The molecule has 2 atom stereocenters. The molecule has 112 valence electrons. The standard InChI is InChI=1S/C12H20N4O3S/c17-8-9-7-13-14-12(9)20(18,19)15-10-3-5-16-4-1-2-11(16)6-10/h7,10-11,15,17H,1-6,8H2,(H,13,14). The lowest BCUT2D eigenvalue weighted by atomic mass is 9.99.